The number of amides is 1. The minimum absolute atomic E-state index is 0.256. The Morgan fingerprint density at radius 3 is 2.71 bits per heavy atom. The summed E-state index contributed by atoms with van der Waals surface area (Å²) in [4.78, 5) is 22.7. The van der Waals surface area contributed by atoms with Crippen LogP contribution in [0.4, 0.5) is 5.69 Å². The van der Waals surface area contributed by atoms with Crippen LogP contribution in [0.15, 0.2) is 30.3 Å². The first-order valence-electron chi connectivity index (χ1n) is 6.18. The van der Waals surface area contributed by atoms with Crippen LogP contribution in [0.25, 0.3) is 1.43 Å². The number of rotatable bonds is 4. The van der Waals surface area contributed by atoms with E-state index in [0.29, 0.717) is 0 Å². The van der Waals surface area contributed by atoms with E-state index in [1.165, 1.54) is 12.1 Å². The molecule has 2 N–H and O–H groups in total. The summed E-state index contributed by atoms with van der Waals surface area (Å²) in [6.07, 6.45) is -6.45. The summed E-state index contributed by atoms with van der Waals surface area (Å²) >= 11 is 0. The Labute approximate surface area is 88.7 Å². The zero-order valence-corrected chi connectivity index (χ0v) is 7.11. The third-order valence-electron chi connectivity index (χ3n) is 1.31. The Hall–Kier alpha value is -1.84. The van der Waals surface area contributed by atoms with E-state index in [2.05, 4.69) is 10.4 Å². The maximum Gasteiger partial charge on any atom is 0.303 e. The third kappa shape index (κ3) is 3.71. The molecule has 0 aliphatic heterocycles. The second-order valence-electron chi connectivity index (χ2n) is 2.36. The summed E-state index contributed by atoms with van der Waals surface area (Å²) in [7, 11) is 0. The van der Waals surface area contributed by atoms with Gasteiger partial charge < -0.3 is 10.4 Å². The molecule has 0 aliphatic carbocycles. The van der Waals surface area contributed by atoms with E-state index >= 15 is 0 Å². The Balaban J connectivity index is 2.94. The zero-order valence-electron chi connectivity index (χ0n) is 12.1. The van der Waals surface area contributed by atoms with E-state index in [1.54, 1.807) is 18.2 Å². The van der Waals surface area contributed by atoms with Crippen LogP contribution in [0.5, 0.6) is 0 Å². The van der Waals surface area contributed by atoms with Gasteiger partial charge >= 0.3 is 5.97 Å². The van der Waals surface area contributed by atoms with Crippen molar-refractivity contribution in [3.05, 3.63) is 30.3 Å². The number of benzene rings is 1. The molecule has 4 heteroatoms. The molecular formula is C10H11NO3. The first-order valence-corrected chi connectivity index (χ1v) is 3.77. The predicted molar refractivity (Wildman–Crippen MR) is 51.9 cm³/mol. The fraction of sp³-hybridized carbons (Fsp3) is 0.200. The second-order valence-corrected chi connectivity index (χ2v) is 2.36. The van der Waals surface area contributed by atoms with Crippen LogP contribution < -0.4 is 5.32 Å². The number of para-hydroxylation sites is 1. The lowest BCUT2D eigenvalue weighted by Crippen LogP contribution is -2.12. The summed E-state index contributed by atoms with van der Waals surface area (Å²) in [6.45, 7) is 0. The average Bonchev–Trinajstić information content (AvgIpc) is 2.38. The zero-order chi connectivity index (χ0) is 14.7. The molecule has 1 aromatic rings. The molecule has 0 radical (unpaired) electrons. The van der Waals surface area contributed by atoms with Crippen LogP contribution in [-0.2, 0) is 9.59 Å². The van der Waals surface area contributed by atoms with Gasteiger partial charge in [-0.3, -0.25) is 9.59 Å². The molecule has 1 rings (SSSR count). The first-order chi connectivity index (χ1) is 8.73. The largest absolute Gasteiger partial charge is 0.481 e. The van der Waals surface area contributed by atoms with Crippen LogP contribution in [0.1, 0.15) is 18.2 Å². The minimum atomic E-state index is -3.27. The summed E-state index contributed by atoms with van der Waals surface area (Å²) in [5.41, 5.74) is 0.256. The van der Waals surface area contributed by atoms with E-state index in [0.717, 1.165) is 0 Å². The van der Waals surface area contributed by atoms with E-state index in [1.807, 2.05) is 0 Å². The lowest BCUT2D eigenvalue weighted by molar-refractivity contribution is -0.138. The molecular weight excluding hydrogens is 182 g/mol. The molecule has 0 bridgehead atoms. The predicted octanol–water partition coefficient (Wildman–Crippen LogP) is 1.49. The highest BCUT2D eigenvalue weighted by atomic mass is 16.4. The van der Waals surface area contributed by atoms with E-state index < -0.39 is 24.6 Å². The third-order valence-corrected chi connectivity index (χ3v) is 1.31. The molecule has 0 atom stereocenters. The van der Waals surface area contributed by atoms with Gasteiger partial charge in [0.25, 0.3) is 1.43 Å². The lowest BCUT2D eigenvalue weighted by Gasteiger charge is -2.02. The second kappa shape index (κ2) is 5.01. The molecule has 0 heterocycles. The van der Waals surface area contributed by atoms with Crippen LogP contribution in [0.3, 0.4) is 0 Å². The van der Waals surface area contributed by atoms with Crippen molar-refractivity contribution in [1.29, 1.82) is 1.43 Å². The van der Waals surface area contributed by atoms with Crippen molar-refractivity contribution in [3.63, 3.8) is 0 Å². The Morgan fingerprint density at radius 2 is 2.07 bits per heavy atom. The maximum atomic E-state index is 11.7. The quantitative estimate of drug-likeness (QED) is 0.770. The van der Waals surface area contributed by atoms with Crippen molar-refractivity contribution in [1.82, 2.24) is 0 Å². The van der Waals surface area contributed by atoms with Gasteiger partial charge in [0.05, 0.1) is 6.37 Å². The Bertz CT molecular complexity index is 477. The van der Waals surface area contributed by atoms with Crippen molar-refractivity contribution in [3.8, 4) is 0 Å². The molecule has 1 aromatic carbocycles. The highest BCUT2D eigenvalue weighted by molar-refractivity contribution is 5.92. The topological polar surface area (TPSA) is 66.4 Å². The van der Waals surface area contributed by atoms with E-state index in [-0.39, 0.29) is 5.69 Å². The lowest BCUT2D eigenvalue weighted by atomic mass is 10.2. The number of anilines is 1. The number of hydrogen-bond donors (Lipinski definition) is 2. The number of carbonyl (C=O) groups is 2. The SMILES string of the molecule is [2H]OC(=O)C([2H])([2H])C([2H])([2H])C(=O)Nc1ccccc1. The molecule has 0 aromatic heterocycles. The van der Waals surface area contributed by atoms with Gasteiger partial charge in [-0.15, -0.1) is 0 Å². The van der Waals surface area contributed by atoms with Crippen molar-refractivity contribution in [2.24, 2.45) is 0 Å². The molecule has 0 saturated heterocycles. The highest BCUT2D eigenvalue weighted by Crippen LogP contribution is 2.05. The van der Waals surface area contributed by atoms with Crippen molar-refractivity contribution >= 4 is 17.6 Å². The monoisotopic (exact) mass is 198 g/mol. The van der Waals surface area contributed by atoms with Crippen LogP contribution >= 0.6 is 0 Å². The number of carboxylic acids is 1. The number of hydrogen-bond acceptors (Lipinski definition) is 3. The minimum Gasteiger partial charge on any atom is -0.481 e. The van der Waals surface area contributed by atoms with Gasteiger partial charge in [-0.25, -0.2) is 0 Å². The van der Waals surface area contributed by atoms with Crippen molar-refractivity contribution in [2.75, 3.05) is 5.32 Å². The number of aliphatic carboxylic acids is 1. The normalized spacial score (nSPS) is 16.4. The molecule has 1 amide bonds. The Kier molecular flexibility index (Phi) is 1.84. The van der Waals surface area contributed by atoms with Gasteiger partial charge in [-0.2, -0.15) is 0 Å². The van der Waals surface area contributed by atoms with Crippen LogP contribution in [0, 0.1) is 0 Å². The fourth-order valence-electron chi connectivity index (χ4n) is 0.792. The van der Waals surface area contributed by atoms with Gasteiger partial charge in [0.15, 0.2) is 0 Å². The molecule has 0 spiro atoms. The van der Waals surface area contributed by atoms with E-state index in [9.17, 15) is 9.59 Å². The fourth-order valence-corrected chi connectivity index (χ4v) is 0.792. The number of nitrogens with one attached hydrogen (secondary N) is 1. The molecule has 0 aliphatic rings. The van der Waals surface area contributed by atoms with Gasteiger partial charge in [-0.05, 0) is 12.1 Å². The first kappa shape index (κ1) is 5.14. The molecule has 4 nitrogen and oxygen atoms in total. The summed E-state index contributed by atoms with van der Waals surface area (Å²) < 4.78 is 35.7. The van der Waals surface area contributed by atoms with Crippen LogP contribution in [0.2, 0.25) is 0 Å². The standard InChI is InChI=1S/C10H11NO3/c12-9(6-7-10(13)14)11-8-4-2-1-3-5-8/h1-5H,6-7H2,(H,11,12)(H,13,14)/i6D2,7D2/hD. The molecule has 14 heavy (non-hydrogen) atoms. The number of carboxylic acid groups (broad SMARTS) is 1. The van der Waals surface area contributed by atoms with Gasteiger partial charge in [0, 0.05) is 17.5 Å². The Morgan fingerprint density at radius 1 is 1.36 bits per heavy atom. The molecule has 0 saturated carbocycles. The molecule has 0 unspecified atom stereocenters. The summed E-state index contributed by atoms with van der Waals surface area (Å²) in [5, 5.41) is 5.56. The van der Waals surface area contributed by atoms with Gasteiger partial charge in [-0.1, -0.05) is 18.2 Å². The highest BCUT2D eigenvalue weighted by Gasteiger charge is 2.04. The van der Waals surface area contributed by atoms with E-state index in [4.69, 9.17) is 6.91 Å². The summed E-state index contributed by atoms with van der Waals surface area (Å²) in [5.74, 6) is -3.12. The summed E-state index contributed by atoms with van der Waals surface area (Å²) in [6, 6.07) is 7.83. The van der Waals surface area contributed by atoms with Crippen molar-refractivity contribution < 1.29 is 20.2 Å². The molecule has 0 fully saturated rings. The van der Waals surface area contributed by atoms with Crippen LogP contribution in [-0.4, -0.2) is 17.0 Å². The van der Waals surface area contributed by atoms with Gasteiger partial charge in [0.1, 0.15) is 0 Å². The molecule has 74 valence electrons. The number of carbonyl (C=O) groups excluding carboxylic acids is 1. The van der Waals surface area contributed by atoms with Crippen molar-refractivity contribution in [2.45, 2.75) is 12.7 Å². The smallest absolute Gasteiger partial charge is 0.303 e. The average molecular weight is 198 g/mol. The van der Waals surface area contributed by atoms with Gasteiger partial charge in [0.2, 0.25) is 5.91 Å². The maximum absolute atomic E-state index is 11.7.